The molecule has 5 nitrogen and oxygen atoms in total. The van der Waals surface area contributed by atoms with Crippen LogP contribution < -0.4 is 10.5 Å². The molecule has 1 fully saturated rings. The van der Waals surface area contributed by atoms with E-state index in [1.54, 1.807) is 0 Å². The Morgan fingerprint density at radius 3 is 2.43 bits per heavy atom. The second-order valence-electron chi connectivity index (χ2n) is 5.77. The van der Waals surface area contributed by atoms with Crippen molar-refractivity contribution in [1.82, 2.24) is 0 Å². The van der Waals surface area contributed by atoms with Crippen LogP contribution in [0.3, 0.4) is 0 Å². The van der Waals surface area contributed by atoms with Crippen molar-refractivity contribution in [2.75, 3.05) is 5.32 Å². The van der Waals surface area contributed by atoms with Gasteiger partial charge in [-0.2, -0.15) is 0 Å². The zero-order valence-corrected chi connectivity index (χ0v) is 13.4. The molecule has 1 aliphatic rings. The highest BCUT2D eigenvalue weighted by Crippen LogP contribution is 2.37. The normalized spacial score (nSPS) is 18.2. The molecule has 21 heavy (non-hydrogen) atoms. The summed E-state index contributed by atoms with van der Waals surface area (Å²) < 4.78 is 22.6. The molecule has 0 saturated heterocycles. The van der Waals surface area contributed by atoms with E-state index >= 15 is 0 Å². The fourth-order valence-electron chi connectivity index (χ4n) is 2.65. The van der Waals surface area contributed by atoms with E-state index in [1.165, 1.54) is 18.2 Å². The summed E-state index contributed by atoms with van der Waals surface area (Å²) in [6.07, 6.45) is 4.99. The monoisotopic (exact) mass is 330 g/mol. The molecule has 0 radical (unpaired) electrons. The fourth-order valence-corrected chi connectivity index (χ4v) is 3.74. The van der Waals surface area contributed by atoms with Gasteiger partial charge in [-0.1, -0.05) is 37.8 Å². The maximum Gasteiger partial charge on any atom is 0.239 e. The predicted molar refractivity (Wildman–Crippen MR) is 82.6 cm³/mol. The largest absolute Gasteiger partial charge is 0.326 e. The molecular formula is C14H19ClN2O3S. The molecule has 1 saturated carbocycles. The van der Waals surface area contributed by atoms with Crippen LogP contribution in [0, 0.1) is 5.41 Å². The third kappa shape index (κ3) is 3.75. The van der Waals surface area contributed by atoms with E-state index in [9.17, 15) is 13.2 Å². The molecule has 1 aromatic carbocycles. The number of halogens is 1. The Labute approximate surface area is 129 Å². The van der Waals surface area contributed by atoms with E-state index in [0.29, 0.717) is 5.69 Å². The van der Waals surface area contributed by atoms with Gasteiger partial charge in [0.05, 0.1) is 5.02 Å². The molecule has 0 atom stereocenters. The molecule has 0 unspecified atom stereocenters. The number of amides is 1. The Hall–Kier alpha value is -1.11. The molecule has 3 N–H and O–H groups in total. The van der Waals surface area contributed by atoms with E-state index in [-0.39, 0.29) is 21.2 Å². The Balaban J connectivity index is 2.17. The van der Waals surface area contributed by atoms with Crippen LogP contribution in [0.25, 0.3) is 0 Å². The van der Waals surface area contributed by atoms with Crippen LogP contribution in [0.2, 0.25) is 5.02 Å². The van der Waals surface area contributed by atoms with Crippen LogP contribution in [0.15, 0.2) is 23.1 Å². The number of hydrogen-bond acceptors (Lipinski definition) is 3. The smallest absolute Gasteiger partial charge is 0.239 e. The number of anilines is 1. The highest BCUT2D eigenvalue weighted by molar-refractivity contribution is 7.89. The summed E-state index contributed by atoms with van der Waals surface area (Å²) in [5.74, 6) is -0.0541. The molecule has 0 heterocycles. The van der Waals surface area contributed by atoms with Gasteiger partial charge in [0.2, 0.25) is 15.9 Å². The van der Waals surface area contributed by atoms with Crippen molar-refractivity contribution in [2.24, 2.45) is 10.6 Å². The number of carbonyl (C=O) groups is 1. The summed E-state index contributed by atoms with van der Waals surface area (Å²) in [5, 5.41) is 7.86. The van der Waals surface area contributed by atoms with Gasteiger partial charge in [-0.25, -0.2) is 13.6 Å². The van der Waals surface area contributed by atoms with E-state index < -0.39 is 10.0 Å². The average Bonchev–Trinajstić information content (AvgIpc) is 2.38. The van der Waals surface area contributed by atoms with Gasteiger partial charge in [0, 0.05) is 11.1 Å². The van der Waals surface area contributed by atoms with Crippen LogP contribution in [0.1, 0.15) is 39.0 Å². The number of nitrogens with two attached hydrogens (primary N) is 1. The number of nitrogens with one attached hydrogen (secondary N) is 1. The molecule has 116 valence electrons. The van der Waals surface area contributed by atoms with Gasteiger partial charge in [0.1, 0.15) is 4.90 Å². The number of primary sulfonamides is 1. The van der Waals surface area contributed by atoms with Gasteiger partial charge in [0.25, 0.3) is 0 Å². The molecule has 1 aliphatic carbocycles. The predicted octanol–water partition coefficient (Wildman–Crippen LogP) is 2.90. The van der Waals surface area contributed by atoms with Crippen molar-refractivity contribution in [2.45, 2.75) is 43.9 Å². The van der Waals surface area contributed by atoms with E-state index in [1.807, 2.05) is 6.92 Å². The topological polar surface area (TPSA) is 89.3 Å². The highest BCUT2D eigenvalue weighted by Gasteiger charge is 2.34. The second kappa shape index (κ2) is 5.94. The van der Waals surface area contributed by atoms with Gasteiger partial charge in [-0.15, -0.1) is 0 Å². The van der Waals surface area contributed by atoms with Gasteiger partial charge >= 0.3 is 0 Å². The fraction of sp³-hybridized carbons (Fsp3) is 0.500. The Morgan fingerprint density at radius 2 is 1.90 bits per heavy atom. The molecular weight excluding hydrogens is 312 g/mol. The molecule has 0 aliphatic heterocycles. The van der Waals surface area contributed by atoms with E-state index in [4.69, 9.17) is 16.7 Å². The first-order valence-electron chi connectivity index (χ1n) is 6.86. The highest BCUT2D eigenvalue weighted by atomic mass is 35.5. The molecule has 1 amide bonds. The zero-order chi connectivity index (χ0) is 15.7. The van der Waals surface area contributed by atoms with Crippen LogP contribution in [-0.4, -0.2) is 14.3 Å². The first kappa shape index (κ1) is 16.3. The SMILES string of the molecule is CC1(C(=O)Nc2ccc(S(N)(=O)=O)c(Cl)c2)CCCCC1. The quantitative estimate of drug-likeness (QED) is 0.893. The van der Waals surface area contributed by atoms with Crippen molar-refractivity contribution in [3.8, 4) is 0 Å². The van der Waals surface area contributed by atoms with Crippen molar-refractivity contribution in [3.05, 3.63) is 23.2 Å². The lowest BCUT2D eigenvalue weighted by Gasteiger charge is -2.32. The number of sulfonamides is 1. The van der Waals surface area contributed by atoms with Crippen LogP contribution in [0.5, 0.6) is 0 Å². The first-order chi connectivity index (χ1) is 9.72. The minimum Gasteiger partial charge on any atom is -0.326 e. The lowest BCUT2D eigenvalue weighted by molar-refractivity contribution is -0.126. The molecule has 1 aromatic rings. The Kier molecular flexibility index (Phi) is 4.60. The number of hydrogen-bond donors (Lipinski definition) is 2. The van der Waals surface area contributed by atoms with Crippen LogP contribution >= 0.6 is 11.6 Å². The maximum atomic E-state index is 12.4. The number of rotatable bonds is 3. The van der Waals surface area contributed by atoms with Crippen molar-refractivity contribution < 1.29 is 13.2 Å². The summed E-state index contributed by atoms with van der Waals surface area (Å²) in [6.45, 7) is 1.96. The van der Waals surface area contributed by atoms with E-state index in [2.05, 4.69) is 5.32 Å². The summed E-state index contributed by atoms with van der Waals surface area (Å²) in [4.78, 5) is 12.2. The number of carbonyl (C=O) groups excluding carboxylic acids is 1. The Bertz CT molecular complexity index is 652. The van der Waals surface area contributed by atoms with Gasteiger partial charge in [0.15, 0.2) is 0 Å². The minimum atomic E-state index is -3.86. The first-order valence-corrected chi connectivity index (χ1v) is 8.79. The number of benzene rings is 1. The molecule has 7 heteroatoms. The Morgan fingerprint density at radius 1 is 1.29 bits per heavy atom. The van der Waals surface area contributed by atoms with Gasteiger partial charge < -0.3 is 5.32 Å². The van der Waals surface area contributed by atoms with Crippen molar-refractivity contribution >= 4 is 33.2 Å². The van der Waals surface area contributed by atoms with Gasteiger partial charge in [-0.05, 0) is 31.0 Å². The van der Waals surface area contributed by atoms with Gasteiger partial charge in [-0.3, -0.25) is 4.79 Å². The lowest BCUT2D eigenvalue weighted by atomic mass is 9.75. The van der Waals surface area contributed by atoms with E-state index in [0.717, 1.165) is 32.1 Å². The molecule has 2 rings (SSSR count). The summed E-state index contributed by atoms with van der Waals surface area (Å²) in [7, 11) is -3.86. The molecule has 0 bridgehead atoms. The summed E-state index contributed by atoms with van der Waals surface area (Å²) >= 11 is 5.91. The third-order valence-electron chi connectivity index (χ3n) is 4.00. The molecule has 0 spiro atoms. The third-order valence-corrected chi connectivity index (χ3v) is 5.40. The van der Waals surface area contributed by atoms with Crippen molar-refractivity contribution in [3.63, 3.8) is 0 Å². The van der Waals surface area contributed by atoms with Crippen molar-refractivity contribution in [1.29, 1.82) is 0 Å². The van der Waals surface area contributed by atoms with Crippen LogP contribution in [-0.2, 0) is 14.8 Å². The summed E-state index contributed by atoms with van der Waals surface area (Å²) in [6, 6.07) is 4.21. The zero-order valence-electron chi connectivity index (χ0n) is 11.9. The second-order valence-corrected chi connectivity index (χ2v) is 7.70. The van der Waals surface area contributed by atoms with Crippen LogP contribution in [0.4, 0.5) is 5.69 Å². The minimum absolute atomic E-state index is 0.00379. The summed E-state index contributed by atoms with van der Waals surface area (Å²) in [5.41, 5.74) is 0.104. The standard InChI is InChI=1S/C14H19ClN2O3S/c1-14(7-3-2-4-8-14)13(18)17-10-5-6-12(11(15)9-10)21(16,19)20/h5-6,9H,2-4,7-8H2,1H3,(H,17,18)(H2,16,19,20). The maximum absolute atomic E-state index is 12.4. The average molecular weight is 331 g/mol. The molecule has 0 aromatic heterocycles. The lowest BCUT2D eigenvalue weighted by Crippen LogP contribution is -2.35.